The molecule has 3 aromatic rings. The van der Waals surface area contributed by atoms with Gasteiger partial charge in [-0.05, 0) is 39.0 Å². The molecule has 0 atom stereocenters. The highest BCUT2D eigenvalue weighted by Gasteiger charge is 2.18. The smallest absolute Gasteiger partial charge is 0.373 e. The molecule has 0 aliphatic carbocycles. The highest BCUT2D eigenvalue weighted by Crippen LogP contribution is 2.31. The van der Waals surface area contributed by atoms with E-state index in [1.165, 1.54) is 0 Å². The average molecular weight is 299 g/mol. The maximum Gasteiger partial charge on any atom is 0.373 e. The van der Waals surface area contributed by atoms with Crippen molar-refractivity contribution < 1.29 is 14.3 Å². The Kier molecular flexibility index (Phi) is 3.16. The molecule has 2 aromatic heterocycles. The average Bonchev–Trinajstić information content (AvgIpc) is 3.00. The van der Waals surface area contributed by atoms with Gasteiger partial charge in [-0.15, -0.1) is 0 Å². The number of aromatic nitrogens is 2. The van der Waals surface area contributed by atoms with Gasteiger partial charge in [-0.1, -0.05) is 0 Å². The molecular weight excluding hydrogens is 282 g/mol. The minimum Gasteiger partial charge on any atom is -0.475 e. The van der Waals surface area contributed by atoms with Crippen LogP contribution in [0.15, 0.2) is 28.8 Å². The van der Waals surface area contributed by atoms with Crippen LogP contribution >= 0.6 is 0 Å². The number of anilines is 1. The zero-order valence-corrected chi connectivity index (χ0v) is 12.6. The lowest BCUT2D eigenvalue weighted by Crippen LogP contribution is -1.97. The third-order valence-electron chi connectivity index (χ3n) is 3.66. The fourth-order valence-electron chi connectivity index (χ4n) is 2.56. The number of aryl methyl sites for hydroxylation is 1. The first-order valence-electron chi connectivity index (χ1n) is 6.99. The van der Waals surface area contributed by atoms with Gasteiger partial charge in [0.15, 0.2) is 0 Å². The molecule has 0 aliphatic heterocycles. The van der Waals surface area contributed by atoms with Gasteiger partial charge in [0.05, 0.1) is 16.9 Å². The Balaban J connectivity index is 2.15. The lowest BCUT2D eigenvalue weighted by molar-refractivity contribution is 0.0662. The predicted octanol–water partition coefficient (Wildman–Crippen LogP) is 3.47. The van der Waals surface area contributed by atoms with Crippen LogP contribution in [0.2, 0.25) is 0 Å². The van der Waals surface area contributed by atoms with Crippen molar-refractivity contribution in [1.82, 2.24) is 9.55 Å². The molecule has 6 nitrogen and oxygen atoms in total. The van der Waals surface area contributed by atoms with E-state index >= 15 is 0 Å². The van der Waals surface area contributed by atoms with Crippen LogP contribution in [0.1, 0.15) is 36.1 Å². The zero-order chi connectivity index (χ0) is 16.0. The number of hydrogen-bond acceptors (Lipinski definition) is 4. The van der Waals surface area contributed by atoms with E-state index in [2.05, 4.69) is 23.4 Å². The summed E-state index contributed by atoms with van der Waals surface area (Å²) in [7, 11) is 0. The molecule has 0 bridgehead atoms. The third-order valence-corrected chi connectivity index (χ3v) is 3.66. The Labute approximate surface area is 127 Å². The van der Waals surface area contributed by atoms with Crippen molar-refractivity contribution in [2.45, 2.75) is 26.8 Å². The number of nitrogens with zero attached hydrogens (tertiary/aromatic N) is 2. The molecule has 0 fully saturated rings. The molecule has 3 N–H and O–H groups in total. The summed E-state index contributed by atoms with van der Waals surface area (Å²) in [5.41, 5.74) is 8.84. The SMILES string of the molecule is Cc1nc(-c2ccc3c(c2)c(N)cn3C(C)C)oc1C(=O)O. The second-order valence-corrected chi connectivity index (χ2v) is 5.56. The van der Waals surface area contributed by atoms with Crippen LogP contribution in [0.5, 0.6) is 0 Å². The molecule has 0 amide bonds. The Morgan fingerprint density at radius 3 is 2.73 bits per heavy atom. The van der Waals surface area contributed by atoms with E-state index in [1.807, 2.05) is 24.4 Å². The van der Waals surface area contributed by atoms with Crippen LogP contribution in [0.4, 0.5) is 5.69 Å². The number of aromatic carboxylic acids is 1. The summed E-state index contributed by atoms with van der Waals surface area (Å²) in [6.07, 6.45) is 1.91. The van der Waals surface area contributed by atoms with Crippen molar-refractivity contribution in [2.24, 2.45) is 0 Å². The molecule has 1 aromatic carbocycles. The van der Waals surface area contributed by atoms with E-state index < -0.39 is 5.97 Å². The summed E-state index contributed by atoms with van der Waals surface area (Å²) in [4.78, 5) is 15.2. The summed E-state index contributed by atoms with van der Waals surface area (Å²) < 4.78 is 7.44. The standard InChI is InChI=1S/C16H17N3O3/c1-8(2)19-7-12(17)11-6-10(4-5-13(11)19)15-18-9(3)14(22-15)16(20)21/h4-8H,17H2,1-3H3,(H,20,21). The molecule has 22 heavy (non-hydrogen) atoms. The van der Waals surface area contributed by atoms with Gasteiger partial charge in [0, 0.05) is 23.2 Å². The Morgan fingerprint density at radius 2 is 2.14 bits per heavy atom. The van der Waals surface area contributed by atoms with Gasteiger partial charge in [-0.2, -0.15) is 0 Å². The number of nitrogen functional groups attached to an aromatic ring is 1. The first-order chi connectivity index (χ1) is 10.4. The van der Waals surface area contributed by atoms with E-state index in [0.29, 0.717) is 23.0 Å². The fraction of sp³-hybridized carbons (Fsp3) is 0.250. The summed E-state index contributed by atoms with van der Waals surface area (Å²) in [5.74, 6) is -0.973. The fourth-order valence-corrected chi connectivity index (χ4v) is 2.56. The van der Waals surface area contributed by atoms with Crippen molar-refractivity contribution >= 4 is 22.6 Å². The molecule has 3 rings (SSSR count). The minimum atomic E-state index is -1.12. The molecule has 0 radical (unpaired) electrons. The Hall–Kier alpha value is -2.76. The molecule has 0 unspecified atom stereocenters. The quantitative estimate of drug-likeness (QED) is 0.772. The van der Waals surface area contributed by atoms with Crippen molar-refractivity contribution in [3.8, 4) is 11.5 Å². The number of benzene rings is 1. The zero-order valence-electron chi connectivity index (χ0n) is 12.6. The molecule has 6 heteroatoms. The maximum atomic E-state index is 11.1. The van der Waals surface area contributed by atoms with Gasteiger partial charge >= 0.3 is 5.97 Å². The highest BCUT2D eigenvalue weighted by atomic mass is 16.4. The van der Waals surface area contributed by atoms with E-state index in [0.717, 1.165) is 10.9 Å². The van der Waals surface area contributed by atoms with Crippen LogP contribution in [0, 0.1) is 6.92 Å². The lowest BCUT2D eigenvalue weighted by Gasteiger charge is -2.08. The van der Waals surface area contributed by atoms with Crippen LogP contribution in [0.3, 0.4) is 0 Å². The molecule has 2 heterocycles. The largest absolute Gasteiger partial charge is 0.475 e. The Morgan fingerprint density at radius 1 is 1.41 bits per heavy atom. The minimum absolute atomic E-state index is 0.136. The first-order valence-corrected chi connectivity index (χ1v) is 6.99. The number of oxazole rings is 1. The number of nitrogens with two attached hydrogens (primary N) is 1. The van der Waals surface area contributed by atoms with Gasteiger partial charge in [0.1, 0.15) is 0 Å². The second-order valence-electron chi connectivity index (χ2n) is 5.56. The molecule has 0 saturated carbocycles. The van der Waals surface area contributed by atoms with E-state index in [9.17, 15) is 4.79 Å². The second kappa shape index (κ2) is 4.91. The van der Waals surface area contributed by atoms with E-state index in [4.69, 9.17) is 15.3 Å². The lowest BCUT2D eigenvalue weighted by atomic mass is 10.1. The van der Waals surface area contributed by atoms with Crippen LogP contribution in [-0.4, -0.2) is 20.6 Å². The van der Waals surface area contributed by atoms with Crippen molar-refractivity contribution in [3.63, 3.8) is 0 Å². The predicted molar refractivity (Wildman–Crippen MR) is 83.9 cm³/mol. The van der Waals surface area contributed by atoms with Crippen LogP contribution in [-0.2, 0) is 0 Å². The number of carboxylic acids is 1. The van der Waals surface area contributed by atoms with Gasteiger partial charge < -0.3 is 19.8 Å². The van der Waals surface area contributed by atoms with Crippen molar-refractivity contribution in [3.05, 3.63) is 35.9 Å². The third kappa shape index (κ3) is 2.13. The number of hydrogen-bond donors (Lipinski definition) is 2. The highest BCUT2D eigenvalue weighted by molar-refractivity contribution is 5.94. The monoisotopic (exact) mass is 299 g/mol. The summed E-state index contributed by atoms with van der Waals surface area (Å²) in [5, 5.41) is 9.95. The maximum absolute atomic E-state index is 11.1. The number of fused-ring (bicyclic) bond motifs is 1. The molecule has 114 valence electrons. The topological polar surface area (TPSA) is 94.3 Å². The van der Waals surface area contributed by atoms with E-state index in [1.54, 1.807) is 6.92 Å². The normalized spacial score (nSPS) is 11.5. The van der Waals surface area contributed by atoms with Gasteiger partial charge in [-0.3, -0.25) is 0 Å². The number of carboxylic acid groups (broad SMARTS) is 1. The molecule has 0 aliphatic rings. The van der Waals surface area contributed by atoms with Crippen molar-refractivity contribution in [1.29, 1.82) is 0 Å². The molecule has 0 spiro atoms. The molecular formula is C16H17N3O3. The van der Waals surface area contributed by atoms with Gasteiger partial charge in [-0.25, -0.2) is 9.78 Å². The molecule has 0 saturated heterocycles. The Bertz CT molecular complexity index is 874. The van der Waals surface area contributed by atoms with Crippen LogP contribution in [0.25, 0.3) is 22.4 Å². The van der Waals surface area contributed by atoms with E-state index in [-0.39, 0.29) is 11.7 Å². The van der Waals surface area contributed by atoms with Gasteiger partial charge in [0.25, 0.3) is 0 Å². The number of rotatable bonds is 3. The summed E-state index contributed by atoms with van der Waals surface area (Å²) in [6.45, 7) is 5.78. The first kappa shape index (κ1) is 14.2. The number of carbonyl (C=O) groups is 1. The van der Waals surface area contributed by atoms with Gasteiger partial charge in [0.2, 0.25) is 11.7 Å². The summed E-state index contributed by atoms with van der Waals surface area (Å²) >= 11 is 0. The van der Waals surface area contributed by atoms with Crippen molar-refractivity contribution in [2.75, 3.05) is 5.73 Å². The van der Waals surface area contributed by atoms with Crippen LogP contribution < -0.4 is 5.73 Å². The summed E-state index contributed by atoms with van der Waals surface area (Å²) in [6, 6.07) is 5.98.